The Kier molecular flexibility index (Phi) is 3.99. The lowest BCUT2D eigenvalue weighted by atomic mass is 9.96. The first-order chi connectivity index (χ1) is 13.3. The summed E-state index contributed by atoms with van der Waals surface area (Å²) in [5, 5.41) is 17.1. The average molecular weight is 367 g/mol. The van der Waals surface area contributed by atoms with Gasteiger partial charge in [0.25, 0.3) is 5.91 Å². The molecule has 0 bridgehead atoms. The van der Waals surface area contributed by atoms with Crippen LogP contribution in [-0.4, -0.2) is 62.0 Å². The lowest BCUT2D eigenvalue weighted by molar-refractivity contribution is 0.0668. The maximum Gasteiger partial charge on any atom is 0.292 e. The molecule has 2 fully saturated rings. The number of hydrogen-bond acceptors (Lipinski definition) is 7. The van der Waals surface area contributed by atoms with E-state index < -0.39 is 0 Å². The Morgan fingerprint density at radius 3 is 2.59 bits per heavy atom. The maximum atomic E-state index is 12.4. The van der Waals surface area contributed by atoms with Crippen molar-refractivity contribution >= 4 is 17.4 Å². The molecule has 3 aromatic rings. The summed E-state index contributed by atoms with van der Waals surface area (Å²) in [5.41, 5.74) is 0.771. The van der Waals surface area contributed by atoms with Gasteiger partial charge in [0.2, 0.25) is 5.76 Å². The molecule has 0 aromatic carbocycles. The topological polar surface area (TPSA) is 92.7 Å². The summed E-state index contributed by atoms with van der Waals surface area (Å²) in [7, 11) is 0. The second-order valence-corrected chi connectivity index (χ2v) is 7.16. The van der Waals surface area contributed by atoms with E-state index in [1.54, 1.807) is 6.07 Å². The number of likely N-dealkylation sites (tertiary alicyclic amines) is 1. The number of anilines is 1. The summed E-state index contributed by atoms with van der Waals surface area (Å²) in [5.74, 6) is 2.29. The number of rotatable bonds is 3. The van der Waals surface area contributed by atoms with Gasteiger partial charge in [-0.15, -0.1) is 15.3 Å². The number of carbonyl (C=O) groups excluding carboxylic acids is 1. The van der Waals surface area contributed by atoms with E-state index in [9.17, 15) is 4.79 Å². The molecule has 140 valence electrons. The summed E-state index contributed by atoms with van der Waals surface area (Å²) in [4.78, 5) is 16.5. The fraction of sp³-hybridized carbons (Fsp3) is 0.500. The van der Waals surface area contributed by atoms with Crippen LogP contribution >= 0.6 is 0 Å². The largest absolute Gasteiger partial charge is 0.355 e. The lowest BCUT2D eigenvalue weighted by Gasteiger charge is -2.30. The Morgan fingerprint density at radius 2 is 1.85 bits per heavy atom. The summed E-state index contributed by atoms with van der Waals surface area (Å²) in [6.45, 7) is 3.42. The van der Waals surface area contributed by atoms with Crippen LogP contribution in [0.3, 0.4) is 0 Å². The van der Waals surface area contributed by atoms with Gasteiger partial charge in [0.05, 0.1) is 6.20 Å². The Hall–Kier alpha value is -2.97. The van der Waals surface area contributed by atoms with Gasteiger partial charge >= 0.3 is 0 Å². The van der Waals surface area contributed by atoms with Crippen molar-refractivity contribution in [2.24, 2.45) is 0 Å². The highest BCUT2D eigenvalue weighted by Crippen LogP contribution is 2.28. The van der Waals surface area contributed by atoms with E-state index in [1.807, 2.05) is 21.5 Å². The molecule has 0 unspecified atom stereocenters. The summed E-state index contributed by atoms with van der Waals surface area (Å²) in [6.07, 6.45) is 5.58. The van der Waals surface area contributed by atoms with E-state index >= 15 is 0 Å². The van der Waals surface area contributed by atoms with Crippen LogP contribution in [0.4, 0.5) is 5.82 Å². The molecule has 5 rings (SSSR count). The van der Waals surface area contributed by atoms with Crippen molar-refractivity contribution < 1.29 is 9.32 Å². The molecule has 2 aliphatic heterocycles. The number of fused-ring (bicyclic) bond motifs is 1. The molecule has 0 radical (unpaired) electrons. The average Bonchev–Trinajstić information content (AvgIpc) is 3.48. The van der Waals surface area contributed by atoms with E-state index in [-0.39, 0.29) is 11.8 Å². The van der Waals surface area contributed by atoms with Gasteiger partial charge in [-0.05, 0) is 37.8 Å². The van der Waals surface area contributed by atoms with Crippen LogP contribution in [0.1, 0.15) is 48.0 Å². The minimum absolute atomic E-state index is 0.105. The van der Waals surface area contributed by atoms with Gasteiger partial charge in [-0.2, -0.15) is 4.52 Å². The third-order valence-corrected chi connectivity index (χ3v) is 5.50. The highest BCUT2D eigenvalue weighted by atomic mass is 16.5. The highest BCUT2D eigenvalue weighted by molar-refractivity contribution is 5.91. The number of amides is 1. The molecule has 3 aromatic heterocycles. The molecule has 5 heterocycles. The molecule has 9 nitrogen and oxygen atoms in total. The van der Waals surface area contributed by atoms with Crippen LogP contribution in [-0.2, 0) is 0 Å². The second kappa shape index (κ2) is 6.64. The fourth-order valence-electron chi connectivity index (χ4n) is 3.99. The van der Waals surface area contributed by atoms with E-state index in [2.05, 4.69) is 20.3 Å². The Labute approximate surface area is 155 Å². The molecular formula is C18H21N7O2. The van der Waals surface area contributed by atoms with Crippen LogP contribution in [0.5, 0.6) is 0 Å². The first-order valence-electron chi connectivity index (χ1n) is 9.47. The number of nitrogens with zero attached hydrogens (tertiary/aromatic N) is 7. The maximum absolute atomic E-state index is 12.4. The third kappa shape index (κ3) is 2.92. The molecule has 1 amide bonds. The van der Waals surface area contributed by atoms with Crippen molar-refractivity contribution in [3.05, 3.63) is 36.0 Å². The standard InChI is InChI=1S/C18H21N7O2/c26-18(14-5-8-19-27-14)24-11-6-13(7-12-24)17-21-20-15-3-4-16(22-25(15)17)23-9-1-2-10-23/h3-5,8,13H,1-2,6-7,9-12H2. The van der Waals surface area contributed by atoms with Crippen molar-refractivity contribution in [2.75, 3.05) is 31.1 Å². The lowest BCUT2D eigenvalue weighted by Crippen LogP contribution is -2.38. The quantitative estimate of drug-likeness (QED) is 0.696. The zero-order chi connectivity index (χ0) is 18.2. The van der Waals surface area contributed by atoms with Gasteiger partial charge in [0, 0.05) is 38.2 Å². The minimum atomic E-state index is -0.105. The zero-order valence-electron chi connectivity index (χ0n) is 15.0. The van der Waals surface area contributed by atoms with Crippen LogP contribution in [0.25, 0.3) is 5.65 Å². The van der Waals surface area contributed by atoms with Crippen LogP contribution in [0, 0.1) is 0 Å². The van der Waals surface area contributed by atoms with Crippen LogP contribution in [0.2, 0.25) is 0 Å². The van der Waals surface area contributed by atoms with Gasteiger partial charge in [0.15, 0.2) is 11.5 Å². The molecule has 0 atom stereocenters. The summed E-state index contributed by atoms with van der Waals surface area (Å²) >= 11 is 0. The predicted octanol–water partition coefficient (Wildman–Crippen LogP) is 1.73. The number of hydrogen-bond donors (Lipinski definition) is 0. The smallest absolute Gasteiger partial charge is 0.292 e. The van der Waals surface area contributed by atoms with E-state index in [4.69, 9.17) is 9.62 Å². The molecule has 0 N–H and O–H groups in total. The number of aromatic nitrogens is 5. The highest BCUT2D eigenvalue weighted by Gasteiger charge is 2.29. The van der Waals surface area contributed by atoms with E-state index in [1.165, 1.54) is 19.0 Å². The van der Waals surface area contributed by atoms with Crippen LogP contribution in [0.15, 0.2) is 28.9 Å². The molecule has 27 heavy (non-hydrogen) atoms. The van der Waals surface area contributed by atoms with Crippen LogP contribution < -0.4 is 4.90 Å². The van der Waals surface area contributed by atoms with Crippen molar-refractivity contribution in [1.82, 2.24) is 29.9 Å². The Bertz CT molecular complexity index is 938. The summed E-state index contributed by atoms with van der Waals surface area (Å²) < 4.78 is 6.87. The first-order valence-corrected chi connectivity index (χ1v) is 9.47. The number of piperidine rings is 1. The molecule has 2 saturated heterocycles. The SMILES string of the molecule is O=C(c1ccno1)N1CCC(c2nnc3ccc(N4CCCC4)nn23)CC1. The molecule has 0 aliphatic carbocycles. The van der Waals surface area contributed by atoms with Gasteiger partial charge in [0.1, 0.15) is 5.82 Å². The molecule has 0 saturated carbocycles. The van der Waals surface area contributed by atoms with Gasteiger partial charge in [-0.25, -0.2) is 0 Å². The molecular weight excluding hydrogens is 346 g/mol. The normalized spacial score (nSPS) is 18.5. The van der Waals surface area contributed by atoms with Crippen molar-refractivity contribution in [2.45, 2.75) is 31.6 Å². The Balaban J connectivity index is 1.34. The van der Waals surface area contributed by atoms with Gasteiger partial charge in [-0.1, -0.05) is 5.16 Å². The van der Waals surface area contributed by atoms with Gasteiger partial charge < -0.3 is 14.3 Å². The first kappa shape index (κ1) is 16.2. The monoisotopic (exact) mass is 367 g/mol. The second-order valence-electron chi connectivity index (χ2n) is 7.16. The minimum Gasteiger partial charge on any atom is -0.355 e. The van der Waals surface area contributed by atoms with Crippen molar-refractivity contribution in [3.63, 3.8) is 0 Å². The molecule has 0 spiro atoms. The molecule has 9 heteroatoms. The van der Waals surface area contributed by atoms with E-state index in [0.29, 0.717) is 18.8 Å². The van der Waals surface area contributed by atoms with Crippen molar-refractivity contribution in [1.29, 1.82) is 0 Å². The Morgan fingerprint density at radius 1 is 1.04 bits per heavy atom. The number of carbonyl (C=O) groups is 1. The fourth-order valence-corrected chi connectivity index (χ4v) is 3.99. The van der Waals surface area contributed by atoms with E-state index in [0.717, 1.165) is 43.2 Å². The summed E-state index contributed by atoms with van der Waals surface area (Å²) in [6, 6.07) is 5.61. The van der Waals surface area contributed by atoms with Gasteiger partial charge in [-0.3, -0.25) is 4.79 Å². The van der Waals surface area contributed by atoms with Crippen molar-refractivity contribution in [3.8, 4) is 0 Å². The third-order valence-electron chi connectivity index (χ3n) is 5.50. The molecule has 2 aliphatic rings. The predicted molar refractivity (Wildman–Crippen MR) is 96.6 cm³/mol. The zero-order valence-corrected chi connectivity index (χ0v) is 15.0.